The summed E-state index contributed by atoms with van der Waals surface area (Å²) in [6.45, 7) is 4.49. The number of ether oxygens (including phenoxy) is 1. The standard InChI is InChI=1S/C14H27NO2/c1-2-14(7-8-14)11-15-9-12(16)10-17-13-5-3-4-6-13/h12-13,15-16H,2-11H2,1H3. The van der Waals surface area contributed by atoms with Gasteiger partial charge in [-0.1, -0.05) is 19.8 Å². The molecule has 0 spiro atoms. The minimum Gasteiger partial charge on any atom is -0.389 e. The highest BCUT2D eigenvalue weighted by molar-refractivity contribution is 4.93. The van der Waals surface area contributed by atoms with E-state index < -0.39 is 0 Å². The van der Waals surface area contributed by atoms with Gasteiger partial charge in [-0.25, -0.2) is 0 Å². The quantitative estimate of drug-likeness (QED) is 0.683. The van der Waals surface area contributed by atoms with Gasteiger partial charge in [0.15, 0.2) is 0 Å². The molecule has 17 heavy (non-hydrogen) atoms. The number of rotatable bonds is 8. The van der Waals surface area contributed by atoms with E-state index in [1.807, 2.05) is 0 Å². The van der Waals surface area contributed by atoms with E-state index in [2.05, 4.69) is 12.2 Å². The van der Waals surface area contributed by atoms with Crippen LogP contribution < -0.4 is 5.32 Å². The van der Waals surface area contributed by atoms with Crippen LogP contribution in [0.4, 0.5) is 0 Å². The average Bonchev–Trinajstić information content (AvgIpc) is 2.92. The minimum absolute atomic E-state index is 0.344. The molecule has 0 aromatic carbocycles. The first-order valence-electron chi connectivity index (χ1n) is 7.24. The van der Waals surface area contributed by atoms with Crippen LogP contribution in [0.25, 0.3) is 0 Å². The Balaban J connectivity index is 1.50. The fourth-order valence-electron chi connectivity index (χ4n) is 2.70. The summed E-state index contributed by atoms with van der Waals surface area (Å²) in [6, 6.07) is 0. The van der Waals surface area contributed by atoms with Gasteiger partial charge < -0.3 is 15.2 Å². The molecule has 0 bridgehead atoms. The molecule has 0 radical (unpaired) electrons. The summed E-state index contributed by atoms with van der Waals surface area (Å²) in [6.07, 6.45) is 8.97. The molecule has 100 valence electrons. The zero-order valence-electron chi connectivity index (χ0n) is 11.1. The van der Waals surface area contributed by atoms with Gasteiger partial charge in [0.25, 0.3) is 0 Å². The molecule has 3 nitrogen and oxygen atoms in total. The molecule has 2 aliphatic rings. The molecule has 2 aliphatic carbocycles. The number of aliphatic hydroxyl groups is 1. The van der Waals surface area contributed by atoms with E-state index in [1.165, 1.54) is 44.9 Å². The molecule has 3 heteroatoms. The summed E-state index contributed by atoms with van der Waals surface area (Å²) in [5.74, 6) is 0. The molecule has 0 aliphatic heterocycles. The topological polar surface area (TPSA) is 41.5 Å². The van der Waals surface area contributed by atoms with E-state index in [9.17, 15) is 5.11 Å². The summed E-state index contributed by atoms with van der Waals surface area (Å²) >= 11 is 0. The van der Waals surface area contributed by atoms with Gasteiger partial charge in [0.1, 0.15) is 0 Å². The molecule has 2 rings (SSSR count). The van der Waals surface area contributed by atoms with Crippen LogP contribution in [-0.2, 0) is 4.74 Å². The van der Waals surface area contributed by atoms with Gasteiger partial charge in [-0.3, -0.25) is 0 Å². The summed E-state index contributed by atoms with van der Waals surface area (Å²) in [7, 11) is 0. The first-order valence-corrected chi connectivity index (χ1v) is 7.24. The van der Waals surface area contributed by atoms with E-state index in [1.54, 1.807) is 0 Å². The van der Waals surface area contributed by atoms with Crippen molar-refractivity contribution in [1.82, 2.24) is 5.32 Å². The predicted molar refractivity (Wildman–Crippen MR) is 69.0 cm³/mol. The zero-order valence-corrected chi connectivity index (χ0v) is 11.1. The lowest BCUT2D eigenvalue weighted by Crippen LogP contribution is -2.34. The minimum atomic E-state index is -0.344. The Hall–Kier alpha value is -0.120. The van der Waals surface area contributed by atoms with Crippen molar-refractivity contribution in [1.29, 1.82) is 0 Å². The molecule has 0 aromatic rings. The second kappa shape index (κ2) is 6.17. The first-order chi connectivity index (χ1) is 8.24. The molecule has 2 fully saturated rings. The average molecular weight is 241 g/mol. The van der Waals surface area contributed by atoms with Crippen LogP contribution in [0.3, 0.4) is 0 Å². The van der Waals surface area contributed by atoms with E-state index >= 15 is 0 Å². The van der Waals surface area contributed by atoms with Crippen molar-refractivity contribution in [2.24, 2.45) is 5.41 Å². The Morgan fingerprint density at radius 3 is 2.65 bits per heavy atom. The van der Waals surface area contributed by atoms with Gasteiger partial charge in [-0.15, -0.1) is 0 Å². The van der Waals surface area contributed by atoms with Crippen molar-refractivity contribution >= 4 is 0 Å². The lowest BCUT2D eigenvalue weighted by atomic mass is 10.0. The van der Waals surface area contributed by atoms with Crippen molar-refractivity contribution in [3.63, 3.8) is 0 Å². The highest BCUT2D eigenvalue weighted by Crippen LogP contribution is 2.47. The maximum Gasteiger partial charge on any atom is 0.0897 e. The maximum atomic E-state index is 9.81. The third-order valence-electron chi connectivity index (χ3n) is 4.41. The summed E-state index contributed by atoms with van der Waals surface area (Å²) < 4.78 is 5.70. The van der Waals surface area contributed by atoms with Crippen LogP contribution in [0.5, 0.6) is 0 Å². The Morgan fingerprint density at radius 1 is 1.35 bits per heavy atom. The first kappa shape index (κ1) is 13.3. The predicted octanol–water partition coefficient (Wildman–Crippen LogP) is 2.09. The summed E-state index contributed by atoms with van der Waals surface area (Å²) in [4.78, 5) is 0. The van der Waals surface area contributed by atoms with Crippen molar-refractivity contribution in [3.05, 3.63) is 0 Å². The van der Waals surface area contributed by atoms with Crippen LogP contribution in [0.2, 0.25) is 0 Å². The van der Waals surface area contributed by atoms with Gasteiger partial charge >= 0.3 is 0 Å². The highest BCUT2D eigenvalue weighted by atomic mass is 16.5. The molecule has 0 heterocycles. The van der Waals surface area contributed by atoms with E-state index in [-0.39, 0.29) is 6.10 Å². The Bertz CT molecular complexity index is 222. The van der Waals surface area contributed by atoms with Gasteiger partial charge in [-0.05, 0) is 37.5 Å². The highest BCUT2D eigenvalue weighted by Gasteiger charge is 2.39. The normalized spacial score (nSPS) is 25.1. The summed E-state index contributed by atoms with van der Waals surface area (Å²) in [5.41, 5.74) is 0.562. The zero-order chi connectivity index (χ0) is 12.1. The van der Waals surface area contributed by atoms with E-state index in [4.69, 9.17) is 4.74 Å². The SMILES string of the molecule is CCC1(CNCC(O)COC2CCCC2)CC1. The molecule has 2 N–H and O–H groups in total. The third kappa shape index (κ3) is 4.23. The van der Waals surface area contributed by atoms with Crippen LogP contribution in [-0.4, -0.2) is 37.0 Å². The molecule has 2 saturated carbocycles. The van der Waals surface area contributed by atoms with Crippen molar-refractivity contribution in [2.75, 3.05) is 19.7 Å². The van der Waals surface area contributed by atoms with Crippen LogP contribution >= 0.6 is 0 Å². The van der Waals surface area contributed by atoms with Gasteiger partial charge in [0.2, 0.25) is 0 Å². The van der Waals surface area contributed by atoms with Gasteiger partial charge in [0, 0.05) is 13.1 Å². The molecule has 1 unspecified atom stereocenters. The van der Waals surface area contributed by atoms with Crippen molar-refractivity contribution in [3.8, 4) is 0 Å². The van der Waals surface area contributed by atoms with Crippen LogP contribution in [0.15, 0.2) is 0 Å². The Kier molecular flexibility index (Phi) is 4.83. The van der Waals surface area contributed by atoms with Crippen LogP contribution in [0, 0.1) is 5.41 Å². The molecule has 1 atom stereocenters. The van der Waals surface area contributed by atoms with Gasteiger partial charge in [-0.2, -0.15) is 0 Å². The largest absolute Gasteiger partial charge is 0.389 e. The van der Waals surface area contributed by atoms with Crippen molar-refractivity contribution < 1.29 is 9.84 Å². The molecule has 0 amide bonds. The second-order valence-corrected chi connectivity index (χ2v) is 5.88. The van der Waals surface area contributed by atoms with E-state index in [0.29, 0.717) is 24.7 Å². The second-order valence-electron chi connectivity index (χ2n) is 5.88. The van der Waals surface area contributed by atoms with Gasteiger partial charge in [0.05, 0.1) is 18.8 Å². The van der Waals surface area contributed by atoms with Crippen LogP contribution in [0.1, 0.15) is 51.9 Å². The number of hydrogen-bond acceptors (Lipinski definition) is 3. The Labute approximate surface area is 105 Å². The third-order valence-corrected chi connectivity index (χ3v) is 4.41. The lowest BCUT2D eigenvalue weighted by molar-refractivity contribution is -0.00572. The number of hydrogen-bond donors (Lipinski definition) is 2. The monoisotopic (exact) mass is 241 g/mol. The molecular weight excluding hydrogens is 214 g/mol. The fourth-order valence-corrected chi connectivity index (χ4v) is 2.70. The summed E-state index contributed by atoms with van der Waals surface area (Å²) in [5, 5.41) is 13.2. The fraction of sp³-hybridized carbons (Fsp3) is 1.00. The molecule has 0 aromatic heterocycles. The smallest absolute Gasteiger partial charge is 0.0897 e. The molecular formula is C14H27NO2. The lowest BCUT2D eigenvalue weighted by Gasteiger charge is -2.18. The number of nitrogens with one attached hydrogen (secondary N) is 1. The molecule has 0 saturated heterocycles. The Morgan fingerprint density at radius 2 is 2.06 bits per heavy atom. The number of aliphatic hydroxyl groups excluding tert-OH is 1. The van der Waals surface area contributed by atoms with E-state index in [0.717, 1.165) is 6.54 Å². The maximum absolute atomic E-state index is 9.81. The van der Waals surface area contributed by atoms with Crippen molar-refractivity contribution in [2.45, 2.75) is 64.1 Å².